The van der Waals surface area contributed by atoms with Gasteiger partial charge in [0.05, 0.1) is 0 Å². The molecule has 1 aromatic heterocycles. The Bertz CT molecular complexity index is 277. The second-order valence-electron chi connectivity index (χ2n) is 2.00. The van der Waals surface area contributed by atoms with Crippen molar-refractivity contribution in [1.29, 1.82) is 0 Å². The highest BCUT2D eigenvalue weighted by Gasteiger charge is 2.03. The fourth-order valence-corrected chi connectivity index (χ4v) is 0.749. The number of carbonyl (C=O) groups excluding carboxylic acids is 1. The molecule has 0 atom stereocenters. The molecule has 0 unspecified atom stereocenters. The van der Waals surface area contributed by atoms with Crippen LogP contribution in [0.3, 0.4) is 0 Å². The van der Waals surface area contributed by atoms with Crippen molar-refractivity contribution < 1.29 is 4.79 Å². The van der Waals surface area contributed by atoms with Crippen LogP contribution in [0.15, 0.2) is 25.2 Å². The van der Waals surface area contributed by atoms with E-state index in [1.807, 2.05) is 0 Å². The Morgan fingerprint density at radius 1 is 1.91 bits per heavy atom. The van der Waals surface area contributed by atoms with Crippen LogP contribution in [0, 0.1) is 6.92 Å². The first-order valence-corrected chi connectivity index (χ1v) is 3.17. The van der Waals surface area contributed by atoms with Crippen molar-refractivity contribution in [2.75, 3.05) is 0 Å². The van der Waals surface area contributed by atoms with Gasteiger partial charge in [-0.2, -0.15) is 0 Å². The summed E-state index contributed by atoms with van der Waals surface area (Å²) in [6.45, 7) is 5.13. The van der Waals surface area contributed by atoms with E-state index in [1.54, 1.807) is 19.3 Å². The van der Waals surface area contributed by atoms with Crippen molar-refractivity contribution in [2.24, 2.45) is 0 Å². The van der Waals surface area contributed by atoms with Crippen LogP contribution in [0.2, 0.25) is 0 Å². The number of rotatable bonds is 1. The van der Waals surface area contributed by atoms with Crippen molar-refractivity contribution in [2.45, 2.75) is 6.92 Å². The van der Waals surface area contributed by atoms with E-state index in [4.69, 9.17) is 0 Å². The van der Waals surface area contributed by atoms with Crippen LogP contribution in [0.4, 0.5) is 4.79 Å². The molecule has 0 saturated carbocycles. The summed E-state index contributed by atoms with van der Waals surface area (Å²) in [6.07, 6.45) is 4.49. The third kappa shape index (κ3) is 1.46. The van der Waals surface area contributed by atoms with Gasteiger partial charge in [0.2, 0.25) is 0 Å². The zero-order valence-electron chi connectivity index (χ0n) is 6.24. The second-order valence-corrected chi connectivity index (χ2v) is 2.00. The summed E-state index contributed by atoms with van der Waals surface area (Å²) in [5.74, 6) is 0.657. The Morgan fingerprint density at radius 2 is 2.64 bits per heavy atom. The molecular formula is C7H9N3O. The molecule has 0 aliphatic heterocycles. The first-order chi connectivity index (χ1) is 5.25. The number of hydrogen-bond acceptors (Lipinski definition) is 2. The van der Waals surface area contributed by atoms with Crippen molar-refractivity contribution >= 4 is 6.03 Å². The largest absolute Gasteiger partial charge is 0.330 e. The maximum Gasteiger partial charge on any atom is 0.330 e. The highest BCUT2D eigenvalue weighted by atomic mass is 16.2. The molecule has 0 radical (unpaired) electrons. The van der Waals surface area contributed by atoms with E-state index in [1.165, 1.54) is 10.8 Å². The highest BCUT2D eigenvalue weighted by Crippen LogP contribution is 1.92. The summed E-state index contributed by atoms with van der Waals surface area (Å²) in [4.78, 5) is 15.0. The molecule has 0 saturated heterocycles. The van der Waals surface area contributed by atoms with Crippen molar-refractivity contribution in [3.63, 3.8) is 0 Å². The highest BCUT2D eigenvalue weighted by molar-refractivity contribution is 5.77. The van der Waals surface area contributed by atoms with Gasteiger partial charge in [-0.15, -0.1) is 0 Å². The number of amides is 1. The zero-order chi connectivity index (χ0) is 8.27. The predicted molar refractivity (Wildman–Crippen MR) is 41.1 cm³/mol. The van der Waals surface area contributed by atoms with Crippen molar-refractivity contribution in [3.8, 4) is 0 Å². The summed E-state index contributed by atoms with van der Waals surface area (Å²) in [7, 11) is 0. The van der Waals surface area contributed by atoms with E-state index in [0.717, 1.165) is 0 Å². The molecule has 58 valence electrons. The van der Waals surface area contributed by atoms with Gasteiger partial charge in [0.1, 0.15) is 5.82 Å². The van der Waals surface area contributed by atoms with Gasteiger partial charge in [0.15, 0.2) is 0 Å². The first kappa shape index (κ1) is 7.53. The molecule has 1 heterocycles. The Balaban J connectivity index is 2.83. The van der Waals surface area contributed by atoms with Crippen molar-refractivity contribution in [3.05, 3.63) is 31.0 Å². The van der Waals surface area contributed by atoms with Crippen LogP contribution in [-0.4, -0.2) is 15.6 Å². The maximum absolute atomic E-state index is 11.1. The normalized spacial score (nSPS) is 9.18. The molecule has 1 N–H and O–H groups in total. The molecule has 4 heteroatoms. The summed E-state index contributed by atoms with van der Waals surface area (Å²) in [5, 5.41) is 2.44. The van der Waals surface area contributed by atoms with Gasteiger partial charge < -0.3 is 5.32 Å². The summed E-state index contributed by atoms with van der Waals surface area (Å²) in [6, 6.07) is -0.241. The van der Waals surface area contributed by atoms with E-state index in [9.17, 15) is 4.79 Å². The van der Waals surface area contributed by atoms with Crippen LogP contribution in [0.25, 0.3) is 0 Å². The van der Waals surface area contributed by atoms with Crippen LogP contribution in [0.1, 0.15) is 5.82 Å². The Kier molecular flexibility index (Phi) is 2.06. The number of hydrogen-bond donors (Lipinski definition) is 1. The Labute approximate surface area is 64.6 Å². The topological polar surface area (TPSA) is 46.9 Å². The smallest absolute Gasteiger partial charge is 0.314 e. The fourth-order valence-electron chi connectivity index (χ4n) is 0.749. The number of aromatic nitrogens is 2. The summed E-state index contributed by atoms with van der Waals surface area (Å²) < 4.78 is 1.40. The third-order valence-corrected chi connectivity index (χ3v) is 1.27. The van der Waals surface area contributed by atoms with Gasteiger partial charge in [-0.25, -0.2) is 9.78 Å². The lowest BCUT2D eigenvalue weighted by atomic mass is 10.7. The molecule has 1 aromatic rings. The number of imidazole rings is 1. The lowest BCUT2D eigenvalue weighted by Gasteiger charge is -2.00. The maximum atomic E-state index is 11.1. The molecule has 0 spiro atoms. The van der Waals surface area contributed by atoms with E-state index in [2.05, 4.69) is 16.9 Å². The minimum Gasteiger partial charge on any atom is -0.314 e. The molecule has 0 fully saturated rings. The van der Waals surface area contributed by atoms with Gasteiger partial charge >= 0.3 is 6.03 Å². The average molecular weight is 151 g/mol. The van der Waals surface area contributed by atoms with E-state index < -0.39 is 0 Å². The van der Waals surface area contributed by atoms with Crippen LogP contribution < -0.4 is 5.32 Å². The van der Waals surface area contributed by atoms with E-state index in [0.29, 0.717) is 5.82 Å². The number of carbonyl (C=O) groups is 1. The van der Waals surface area contributed by atoms with Crippen molar-refractivity contribution in [1.82, 2.24) is 14.9 Å². The lowest BCUT2D eigenvalue weighted by molar-refractivity contribution is 0.245. The monoisotopic (exact) mass is 151 g/mol. The molecule has 0 bridgehead atoms. The number of nitrogens with zero attached hydrogens (tertiary/aromatic N) is 2. The van der Waals surface area contributed by atoms with Gasteiger partial charge in [0, 0.05) is 12.4 Å². The summed E-state index contributed by atoms with van der Waals surface area (Å²) in [5.41, 5.74) is 0. The summed E-state index contributed by atoms with van der Waals surface area (Å²) >= 11 is 0. The minimum absolute atomic E-state index is 0.241. The van der Waals surface area contributed by atoms with Crippen LogP contribution in [0.5, 0.6) is 0 Å². The van der Waals surface area contributed by atoms with Crippen LogP contribution >= 0.6 is 0 Å². The minimum atomic E-state index is -0.241. The molecule has 11 heavy (non-hydrogen) atoms. The SMILES string of the molecule is C=CNC(=O)n1ccnc1C. The van der Waals surface area contributed by atoms with Gasteiger partial charge in [-0.1, -0.05) is 6.58 Å². The molecule has 0 aromatic carbocycles. The van der Waals surface area contributed by atoms with E-state index in [-0.39, 0.29) is 6.03 Å². The second kappa shape index (κ2) is 3.01. The number of aryl methyl sites for hydroxylation is 1. The van der Waals surface area contributed by atoms with Crippen LogP contribution in [-0.2, 0) is 0 Å². The van der Waals surface area contributed by atoms with E-state index >= 15 is 0 Å². The average Bonchev–Trinajstić information content (AvgIpc) is 2.36. The molecule has 1 rings (SSSR count). The molecule has 1 amide bonds. The Morgan fingerprint density at radius 3 is 3.09 bits per heavy atom. The lowest BCUT2D eigenvalue weighted by Crippen LogP contribution is -2.23. The van der Waals surface area contributed by atoms with Gasteiger partial charge in [-0.3, -0.25) is 4.57 Å². The quantitative estimate of drug-likeness (QED) is 0.648. The standard InChI is InChI=1S/C7H9N3O/c1-3-8-7(11)10-5-4-9-6(10)2/h3-5H,1H2,2H3,(H,8,11). The first-order valence-electron chi connectivity index (χ1n) is 3.17. The van der Waals surface area contributed by atoms with Gasteiger partial charge in [-0.05, 0) is 13.1 Å². The van der Waals surface area contributed by atoms with Gasteiger partial charge in [0.25, 0.3) is 0 Å². The Hall–Kier alpha value is -1.58. The zero-order valence-corrected chi connectivity index (χ0v) is 6.24. The number of nitrogens with one attached hydrogen (secondary N) is 1. The molecular weight excluding hydrogens is 142 g/mol. The predicted octanol–water partition coefficient (Wildman–Crippen LogP) is 0.893. The molecule has 0 aliphatic rings. The molecule has 0 aliphatic carbocycles. The third-order valence-electron chi connectivity index (χ3n) is 1.27. The molecule has 4 nitrogen and oxygen atoms in total. The fraction of sp³-hybridized carbons (Fsp3) is 0.143.